The molecule has 1 heterocycles. The summed E-state index contributed by atoms with van der Waals surface area (Å²) >= 11 is 0. The lowest BCUT2D eigenvalue weighted by molar-refractivity contribution is -0.146. The van der Waals surface area contributed by atoms with Crippen LogP contribution in [0.2, 0.25) is 0 Å². The molecule has 0 aliphatic carbocycles. The molecule has 10 heteroatoms. The molecule has 0 saturated carbocycles. The van der Waals surface area contributed by atoms with Gasteiger partial charge in [0.25, 0.3) is 12.9 Å². The number of carbonyl (C=O) groups excluding carboxylic acids is 3. The molecule has 0 radical (unpaired) electrons. The lowest BCUT2D eigenvalue weighted by Crippen LogP contribution is -2.26. The lowest BCUT2D eigenvalue weighted by atomic mass is 10.3. The number of carbonyl (C=O) groups is 3. The van der Waals surface area contributed by atoms with Crippen LogP contribution in [0.15, 0.2) is 12.1 Å². The number of rotatable bonds is 12. The minimum absolute atomic E-state index is 0.0488. The molecule has 0 spiro atoms. The molecule has 1 aromatic rings. The molecule has 0 unspecified atom stereocenters. The normalized spacial score (nSPS) is 10.3. The van der Waals surface area contributed by atoms with Crippen molar-refractivity contribution in [2.24, 2.45) is 0 Å². The van der Waals surface area contributed by atoms with Gasteiger partial charge in [-0.25, -0.2) is 4.79 Å². The van der Waals surface area contributed by atoms with Crippen LogP contribution in [0.1, 0.15) is 12.8 Å². The standard InChI is InChI=1S/C13H17NO9/c15-8-20-6-10(7-21-9-16)22-5-1-2-13(19)23-14-11(17)3-4-12(14)18/h3-4,8-10,17-18H,1-2,5-7H2. The Hall–Kier alpha value is -2.75. The van der Waals surface area contributed by atoms with E-state index in [1.807, 2.05) is 0 Å². The van der Waals surface area contributed by atoms with E-state index in [1.165, 1.54) is 0 Å². The van der Waals surface area contributed by atoms with Crippen LogP contribution in [0.3, 0.4) is 0 Å². The second-order valence-electron chi connectivity index (χ2n) is 4.26. The molecular formula is C13H17NO9. The van der Waals surface area contributed by atoms with E-state index in [9.17, 15) is 24.6 Å². The van der Waals surface area contributed by atoms with Crippen molar-refractivity contribution < 1.29 is 43.6 Å². The molecule has 0 bridgehead atoms. The first-order chi connectivity index (χ1) is 11.1. The Morgan fingerprint density at radius 2 is 1.70 bits per heavy atom. The van der Waals surface area contributed by atoms with Gasteiger partial charge >= 0.3 is 5.97 Å². The number of hydrogen-bond donors (Lipinski definition) is 2. The van der Waals surface area contributed by atoms with Gasteiger partial charge in [0.1, 0.15) is 19.3 Å². The van der Waals surface area contributed by atoms with Crippen LogP contribution in [-0.2, 0) is 28.6 Å². The van der Waals surface area contributed by atoms with Gasteiger partial charge in [0.15, 0.2) is 0 Å². The number of nitrogens with zero attached hydrogens (tertiary/aromatic N) is 1. The third-order valence-electron chi connectivity index (χ3n) is 2.57. The van der Waals surface area contributed by atoms with E-state index in [0.717, 1.165) is 12.1 Å². The summed E-state index contributed by atoms with van der Waals surface area (Å²) in [5, 5.41) is 18.6. The molecule has 0 amide bonds. The van der Waals surface area contributed by atoms with E-state index >= 15 is 0 Å². The van der Waals surface area contributed by atoms with Crippen molar-refractivity contribution in [2.45, 2.75) is 18.9 Å². The molecule has 23 heavy (non-hydrogen) atoms. The van der Waals surface area contributed by atoms with Gasteiger partial charge in [-0.3, -0.25) is 9.59 Å². The number of hydrogen-bond acceptors (Lipinski definition) is 9. The number of aromatic nitrogens is 1. The summed E-state index contributed by atoms with van der Waals surface area (Å²) in [7, 11) is 0. The first-order valence-electron chi connectivity index (χ1n) is 6.61. The van der Waals surface area contributed by atoms with Gasteiger partial charge in [-0.15, -0.1) is 4.73 Å². The summed E-state index contributed by atoms with van der Waals surface area (Å²) in [4.78, 5) is 36.5. The van der Waals surface area contributed by atoms with Crippen LogP contribution in [0.4, 0.5) is 0 Å². The van der Waals surface area contributed by atoms with Crippen molar-refractivity contribution in [1.29, 1.82) is 0 Å². The fourth-order valence-electron chi connectivity index (χ4n) is 1.55. The molecule has 0 aliphatic rings. The first-order valence-corrected chi connectivity index (χ1v) is 6.61. The van der Waals surface area contributed by atoms with Crippen LogP contribution in [0, 0.1) is 0 Å². The Labute approximate surface area is 131 Å². The van der Waals surface area contributed by atoms with E-state index < -0.39 is 23.8 Å². The highest BCUT2D eigenvalue weighted by Crippen LogP contribution is 2.18. The minimum atomic E-state index is -0.694. The summed E-state index contributed by atoms with van der Waals surface area (Å²) in [5.41, 5.74) is 0. The minimum Gasteiger partial charge on any atom is -0.492 e. The second kappa shape index (κ2) is 10.1. The summed E-state index contributed by atoms with van der Waals surface area (Å²) in [6, 6.07) is 2.33. The second-order valence-corrected chi connectivity index (χ2v) is 4.26. The number of aromatic hydroxyl groups is 2. The Balaban J connectivity index is 2.27. The van der Waals surface area contributed by atoms with E-state index in [1.54, 1.807) is 0 Å². The topological polar surface area (TPSA) is 134 Å². The zero-order chi connectivity index (χ0) is 17.1. The molecule has 1 rings (SSSR count). The van der Waals surface area contributed by atoms with Crippen molar-refractivity contribution >= 4 is 18.9 Å². The van der Waals surface area contributed by atoms with Crippen molar-refractivity contribution in [1.82, 2.24) is 4.73 Å². The van der Waals surface area contributed by atoms with E-state index in [0.29, 0.717) is 4.73 Å². The first kappa shape index (κ1) is 18.3. The van der Waals surface area contributed by atoms with Crippen LogP contribution >= 0.6 is 0 Å². The zero-order valence-electron chi connectivity index (χ0n) is 12.1. The Kier molecular flexibility index (Phi) is 8.00. The van der Waals surface area contributed by atoms with E-state index in [4.69, 9.17) is 9.57 Å². The van der Waals surface area contributed by atoms with E-state index in [-0.39, 0.29) is 45.6 Å². The van der Waals surface area contributed by atoms with Gasteiger partial charge in [-0.05, 0) is 6.42 Å². The summed E-state index contributed by atoms with van der Waals surface area (Å²) < 4.78 is 14.9. The van der Waals surface area contributed by atoms with Crippen molar-refractivity contribution in [3.63, 3.8) is 0 Å². The van der Waals surface area contributed by atoms with Crippen LogP contribution in [0.25, 0.3) is 0 Å². The highest BCUT2D eigenvalue weighted by atomic mass is 16.7. The summed E-state index contributed by atoms with van der Waals surface area (Å²) in [6.07, 6.45) is -0.424. The highest BCUT2D eigenvalue weighted by Gasteiger charge is 2.14. The maximum Gasteiger partial charge on any atom is 0.333 e. The van der Waals surface area contributed by atoms with Gasteiger partial charge in [0, 0.05) is 18.7 Å². The maximum atomic E-state index is 11.5. The zero-order valence-corrected chi connectivity index (χ0v) is 12.1. The van der Waals surface area contributed by atoms with Crippen LogP contribution in [0.5, 0.6) is 11.8 Å². The highest BCUT2D eigenvalue weighted by molar-refractivity contribution is 5.69. The fourth-order valence-corrected chi connectivity index (χ4v) is 1.55. The molecule has 0 atom stereocenters. The molecule has 2 N–H and O–H groups in total. The van der Waals surface area contributed by atoms with Gasteiger partial charge in [-0.2, -0.15) is 0 Å². The van der Waals surface area contributed by atoms with E-state index in [2.05, 4.69) is 9.47 Å². The quantitative estimate of drug-likeness (QED) is 0.379. The largest absolute Gasteiger partial charge is 0.492 e. The maximum absolute atomic E-state index is 11.5. The molecule has 0 fully saturated rings. The van der Waals surface area contributed by atoms with Gasteiger partial charge in [0.2, 0.25) is 11.8 Å². The third-order valence-corrected chi connectivity index (χ3v) is 2.57. The van der Waals surface area contributed by atoms with Crippen molar-refractivity contribution in [3.8, 4) is 11.8 Å². The molecule has 1 aromatic heterocycles. The smallest absolute Gasteiger partial charge is 0.333 e. The number of ether oxygens (including phenoxy) is 3. The Morgan fingerprint density at radius 1 is 1.13 bits per heavy atom. The predicted octanol–water partition coefficient (Wildman–Crippen LogP) is -0.634. The monoisotopic (exact) mass is 331 g/mol. The van der Waals surface area contributed by atoms with Crippen LogP contribution < -0.4 is 4.84 Å². The predicted molar refractivity (Wildman–Crippen MR) is 72.4 cm³/mol. The SMILES string of the molecule is O=COCC(COC=O)OCCCC(=O)On1c(O)ccc1O. The average molecular weight is 331 g/mol. The Morgan fingerprint density at radius 3 is 2.22 bits per heavy atom. The average Bonchev–Trinajstić information content (AvgIpc) is 2.85. The summed E-state index contributed by atoms with van der Waals surface area (Å²) in [5.74, 6) is -1.52. The van der Waals surface area contributed by atoms with Gasteiger partial charge in [-0.1, -0.05) is 0 Å². The van der Waals surface area contributed by atoms with Crippen molar-refractivity contribution in [3.05, 3.63) is 12.1 Å². The molecule has 128 valence electrons. The third kappa shape index (κ3) is 6.70. The van der Waals surface area contributed by atoms with Gasteiger partial charge < -0.3 is 29.3 Å². The van der Waals surface area contributed by atoms with Crippen LogP contribution in [-0.4, -0.2) is 59.8 Å². The molecule has 0 aromatic carbocycles. The summed E-state index contributed by atoms with van der Waals surface area (Å²) in [6.45, 7) is 0.420. The molecule has 0 aliphatic heterocycles. The molecule has 0 saturated heterocycles. The molecule has 10 nitrogen and oxygen atoms in total. The van der Waals surface area contributed by atoms with Gasteiger partial charge in [0.05, 0.1) is 6.42 Å². The lowest BCUT2D eigenvalue weighted by Gasteiger charge is -2.15. The van der Waals surface area contributed by atoms with Crippen molar-refractivity contribution in [2.75, 3.05) is 19.8 Å². The Bertz CT molecular complexity index is 482. The molecular weight excluding hydrogens is 314 g/mol. The fraction of sp³-hybridized carbons (Fsp3) is 0.462.